The van der Waals surface area contributed by atoms with Crippen LogP contribution in [0.4, 0.5) is 5.69 Å². The molecule has 2 aromatic carbocycles. The first-order valence-electron chi connectivity index (χ1n) is 11.3. The number of piperidine rings is 1. The van der Waals surface area contributed by atoms with Crippen molar-refractivity contribution in [2.45, 2.75) is 50.4 Å². The molecule has 1 aliphatic heterocycles. The van der Waals surface area contributed by atoms with E-state index in [2.05, 4.69) is 10.2 Å². The Morgan fingerprint density at radius 1 is 0.968 bits per heavy atom. The molecule has 2 fully saturated rings. The van der Waals surface area contributed by atoms with Gasteiger partial charge in [0, 0.05) is 22.3 Å². The number of rotatable bonds is 7. The van der Waals surface area contributed by atoms with E-state index in [1.165, 1.54) is 32.4 Å². The maximum Gasteiger partial charge on any atom is 0.235 e. The van der Waals surface area contributed by atoms with Gasteiger partial charge in [0.05, 0.1) is 5.41 Å². The fraction of sp³-hybridized carbons (Fsp3) is 0.480. The third-order valence-corrected chi connectivity index (χ3v) is 7.12. The van der Waals surface area contributed by atoms with Crippen molar-refractivity contribution in [2.24, 2.45) is 0 Å². The van der Waals surface area contributed by atoms with E-state index in [9.17, 15) is 4.79 Å². The molecule has 0 spiro atoms. The zero-order chi connectivity index (χ0) is 21.7. The highest BCUT2D eigenvalue weighted by Crippen LogP contribution is 2.45. The van der Waals surface area contributed by atoms with E-state index in [1.807, 2.05) is 36.4 Å². The number of benzene rings is 2. The molecule has 1 heterocycles. The lowest BCUT2D eigenvalue weighted by Gasteiger charge is -2.29. The number of likely N-dealkylation sites (tertiary alicyclic amines) is 1. The average Bonchev–Trinajstić information content (AvgIpc) is 3.27. The van der Waals surface area contributed by atoms with E-state index in [0.29, 0.717) is 16.7 Å². The first kappa shape index (κ1) is 22.4. The molecule has 1 amide bonds. The minimum atomic E-state index is -0.606. The van der Waals surface area contributed by atoms with Crippen molar-refractivity contribution >= 4 is 34.8 Å². The Morgan fingerprint density at radius 3 is 2.35 bits per heavy atom. The molecule has 1 aliphatic carbocycles. The Hall–Kier alpha value is -1.75. The Kier molecular flexibility index (Phi) is 7.42. The third-order valence-electron chi connectivity index (χ3n) is 6.58. The van der Waals surface area contributed by atoms with Crippen LogP contribution in [-0.4, -0.2) is 37.0 Å². The van der Waals surface area contributed by atoms with E-state index in [4.69, 9.17) is 27.9 Å². The lowest BCUT2D eigenvalue weighted by atomic mass is 9.78. The summed E-state index contributed by atoms with van der Waals surface area (Å²) in [6.07, 6.45) is 7.52. The molecule has 2 aliphatic rings. The molecule has 1 N–H and O–H groups in total. The second kappa shape index (κ2) is 10.2. The Morgan fingerprint density at radius 2 is 1.68 bits per heavy atom. The molecule has 0 aromatic heterocycles. The predicted octanol–water partition coefficient (Wildman–Crippen LogP) is 6.31. The van der Waals surface area contributed by atoms with Gasteiger partial charge in [0.25, 0.3) is 0 Å². The van der Waals surface area contributed by atoms with Gasteiger partial charge in [-0.05, 0) is 80.7 Å². The quantitative estimate of drug-likeness (QED) is 0.526. The molecule has 4 rings (SSSR count). The molecular formula is C25H30Cl2N2O2. The lowest BCUT2D eigenvalue weighted by molar-refractivity contribution is -0.121. The highest BCUT2D eigenvalue weighted by Gasteiger charge is 2.44. The third kappa shape index (κ3) is 5.36. The number of ether oxygens (including phenoxy) is 1. The predicted molar refractivity (Wildman–Crippen MR) is 127 cm³/mol. The van der Waals surface area contributed by atoms with Crippen molar-refractivity contribution in [3.63, 3.8) is 0 Å². The van der Waals surface area contributed by atoms with Crippen molar-refractivity contribution in [2.75, 3.05) is 31.6 Å². The van der Waals surface area contributed by atoms with Crippen molar-refractivity contribution in [3.8, 4) is 5.75 Å². The van der Waals surface area contributed by atoms with Crippen LogP contribution in [0.3, 0.4) is 0 Å². The number of hydrogen-bond donors (Lipinski definition) is 1. The van der Waals surface area contributed by atoms with E-state index in [0.717, 1.165) is 49.2 Å². The fourth-order valence-corrected chi connectivity index (χ4v) is 5.43. The molecule has 2 aromatic rings. The first-order chi connectivity index (χ1) is 15.1. The smallest absolute Gasteiger partial charge is 0.235 e. The van der Waals surface area contributed by atoms with Crippen LogP contribution in [0.25, 0.3) is 0 Å². The van der Waals surface area contributed by atoms with E-state index in [-0.39, 0.29) is 5.91 Å². The molecule has 0 unspecified atom stereocenters. The Balaban J connectivity index is 1.38. The summed E-state index contributed by atoms with van der Waals surface area (Å²) in [5.74, 6) is 0.819. The highest BCUT2D eigenvalue weighted by atomic mass is 35.5. The molecule has 0 atom stereocenters. The van der Waals surface area contributed by atoms with Gasteiger partial charge in [-0.1, -0.05) is 48.5 Å². The summed E-state index contributed by atoms with van der Waals surface area (Å²) in [6.45, 7) is 3.99. The maximum absolute atomic E-state index is 13.4. The molecular weight excluding hydrogens is 431 g/mol. The number of nitrogens with one attached hydrogen (secondary N) is 1. The lowest BCUT2D eigenvalue weighted by Crippen LogP contribution is -2.38. The first-order valence-corrected chi connectivity index (χ1v) is 12.0. The largest absolute Gasteiger partial charge is 0.492 e. The van der Waals surface area contributed by atoms with Gasteiger partial charge in [-0.2, -0.15) is 0 Å². The van der Waals surface area contributed by atoms with Crippen molar-refractivity contribution < 1.29 is 9.53 Å². The normalized spacial score (nSPS) is 18.6. The van der Waals surface area contributed by atoms with Gasteiger partial charge in [0.2, 0.25) is 5.91 Å². The number of carbonyl (C=O) groups is 1. The second-order valence-corrected chi connectivity index (χ2v) is 9.49. The SMILES string of the molecule is O=C(Nc1ccc(OCCN2CCCCC2)cc1)C1(c2ccc(Cl)cc2Cl)CCCC1. The molecule has 0 bridgehead atoms. The van der Waals surface area contributed by atoms with Crippen LogP contribution < -0.4 is 10.1 Å². The molecule has 0 radical (unpaired) electrons. The number of amides is 1. The minimum Gasteiger partial charge on any atom is -0.492 e. The van der Waals surface area contributed by atoms with Crippen LogP contribution in [0.2, 0.25) is 10.0 Å². The summed E-state index contributed by atoms with van der Waals surface area (Å²) in [5, 5.41) is 4.24. The van der Waals surface area contributed by atoms with Crippen LogP contribution in [0, 0.1) is 0 Å². The van der Waals surface area contributed by atoms with Crippen molar-refractivity contribution in [3.05, 3.63) is 58.1 Å². The Labute approximate surface area is 194 Å². The number of carbonyl (C=O) groups excluding carboxylic acids is 1. The van der Waals surface area contributed by atoms with Crippen LogP contribution in [-0.2, 0) is 10.2 Å². The maximum atomic E-state index is 13.4. The molecule has 31 heavy (non-hydrogen) atoms. The Bertz CT molecular complexity index is 889. The number of hydrogen-bond acceptors (Lipinski definition) is 3. The zero-order valence-electron chi connectivity index (χ0n) is 17.8. The number of anilines is 1. The van der Waals surface area contributed by atoms with Gasteiger partial charge in [0.15, 0.2) is 0 Å². The van der Waals surface area contributed by atoms with Gasteiger partial charge in [-0.15, -0.1) is 0 Å². The molecule has 1 saturated carbocycles. The van der Waals surface area contributed by atoms with Crippen molar-refractivity contribution in [1.82, 2.24) is 4.90 Å². The second-order valence-electron chi connectivity index (χ2n) is 8.64. The van der Waals surface area contributed by atoms with Gasteiger partial charge in [-0.25, -0.2) is 0 Å². The summed E-state index contributed by atoms with van der Waals surface area (Å²) < 4.78 is 5.90. The monoisotopic (exact) mass is 460 g/mol. The van der Waals surface area contributed by atoms with Gasteiger partial charge >= 0.3 is 0 Å². The summed E-state index contributed by atoms with van der Waals surface area (Å²) in [5.41, 5.74) is 1.03. The molecule has 166 valence electrons. The summed E-state index contributed by atoms with van der Waals surface area (Å²) in [7, 11) is 0. The average molecular weight is 461 g/mol. The standard InChI is InChI=1S/C25H30Cl2N2O2/c26-19-6-11-22(23(27)18-19)25(12-2-3-13-25)24(30)28-20-7-9-21(10-8-20)31-17-16-29-14-4-1-5-15-29/h6-11,18H,1-5,12-17H2,(H,28,30). The van der Waals surface area contributed by atoms with Crippen molar-refractivity contribution in [1.29, 1.82) is 0 Å². The van der Waals surface area contributed by atoms with E-state index < -0.39 is 5.41 Å². The molecule has 6 heteroatoms. The fourth-order valence-electron chi connectivity index (χ4n) is 4.84. The zero-order valence-corrected chi connectivity index (χ0v) is 19.4. The summed E-state index contributed by atoms with van der Waals surface area (Å²) in [4.78, 5) is 15.8. The van der Waals surface area contributed by atoms with Crippen LogP contribution >= 0.6 is 23.2 Å². The number of halogens is 2. The summed E-state index contributed by atoms with van der Waals surface area (Å²) >= 11 is 12.6. The van der Waals surface area contributed by atoms with Gasteiger partial charge < -0.3 is 10.1 Å². The van der Waals surface area contributed by atoms with Crippen LogP contribution in [0.1, 0.15) is 50.5 Å². The summed E-state index contributed by atoms with van der Waals surface area (Å²) in [6, 6.07) is 13.1. The van der Waals surface area contributed by atoms with Gasteiger partial charge in [-0.3, -0.25) is 9.69 Å². The molecule has 4 nitrogen and oxygen atoms in total. The van der Waals surface area contributed by atoms with Crippen LogP contribution in [0.15, 0.2) is 42.5 Å². The number of nitrogens with zero attached hydrogens (tertiary/aromatic N) is 1. The van der Waals surface area contributed by atoms with Gasteiger partial charge in [0.1, 0.15) is 12.4 Å². The minimum absolute atomic E-state index is 0.00649. The topological polar surface area (TPSA) is 41.6 Å². The molecule has 1 saturated heterocycles. The van der Waals surface area contributed by atoms with E-state index in [1.54, 1.807) is 6.07 Å². The highest BCUT2D eigenvalue weighted by molar-refractivity contribution is 6.35. The van der Waals surface area contributed by atoms with Crippen LogP contribution in [0.5, 0.6) is 5.75 Å². The van der Waals surface area contributed by atoms with E-state index >= 15 is 0 Å².